The highest BCUT2D eigenvalue weighted by molar-refractivity contribution is 7.10. The molecule has 1 rings (SSSR count). The van der Waals surface area contributed by atoms with Crippen molar-refractivity contribution < 1.29 is 14.3 Å². The highest BCUT2D eigenvalue weighted by Crippen LogP contribution is 2.21. The Bertz CT molecular complexity index is 303. The van der Waals surface area contributed by atoms with E-state index in [-0.39, 0.29) is 0 Å². The van der Waals surface area contributed by atoms with Crippen LogP contribution in [0.5, 0.6) is 0 Å². The van der Waals surface area contributed by atoms with E-state index >= 15 is 0 Å². The lowest BCUT2D eigenvalue weighted by atomic mass is 10.1. The molecule has 1 heterocycles. The summed E-state index contributed by atoms with van der Waals surface area (Å²) in [4.78, 5) is 23.1. The number of ether oxygens (including phenoxy) is 1. The van der Waals surface area contributed by atoms with Crippen LogP contribution < -0.4 is 0 Å². The molecule has 1 atom stereocenters. The Morgan fingerprint density at radius 3 is 2.69 bits per heavy atom. The Labute approximate surface area is 80.3 Å². The van der Waals surface area contributed by atoms with E-state index in [1.165, 1.54) is 18.4 Å². The average Bonchev–Trinajstić information content (AvgIpc) is 2.67. The zero-order chi connectivity index (χ0) is 9.84. The average molecular weight is 198 g/mol. The van der Waals surface area contributed by atoms with E-state index in [0.717, 1.165) is 4.88 Å². The van der Waals surface area contributed by atoms with E-state index in [4.69, 9.17) is 0 Å². The predicted octanol–water partition coefficient (Wildman–Crippen LogP) is 1.59. The first-order chi connectivity index (χ1) is 6.16. The molecule has 4 heteroatoms. The number of esters is 1. The Morgan fingerprint density at radius 2 is 2.23 bits per heavy atom. The number of hydrogen-bond donors (Lipinski definition) is 0. The third-order valence-electron chi connectivity index (χ3n) is 1.75. The Morgan fingerprint density at radius 1 is 1.54 bits per heavy atom. The fraction of sp³-hybridized carbons (Fsp3) is 0.333. The molecule has 0 bridgehead atoms. The zero-order valence-corrected chi connectivity index (χ0v) is 8.26. The zero-order valence-electron chi connectivity index (χ0n) is 7.44. The van der Waals surface area contributed by atoms with Crippen molar-refractivity contribution in [2.75, 3.05) is 7.11 Å². The lowest BCUT2D eigenvalue weighted by Gasteiger charge is -2.05. The van der Waals surface area contributed by atoms with Crippen LogP contribution in [0.25, 0.3) is 0 Å². The van der Waals surface area contributed by atoms with Gasteiger partial charge >= 0.3 is 5.97 Å². The van der Waals surface area contributed by atoms with Crippen molar-refractivity contribution in [3.8, 4) is 0 Å². The molecular formula is C9H10O3S. The number of methoxy groups -OCH3 is 1. The van der Waals surface area contributed by atoms with E-state index in [2.05, 4.69) is 4.74 Å². The lowest BCUT2D eigenvalue weighted by molar-refractivity contribution is -0.152. The largest absolute Gasteiger partial charge is 0.463 e. The SMILES string of the molecule is COC(=O)C(=O)C(C)c1cccs1. The minimum atomic E-state index is -0.777. The van der Waals surface area contributed by atoms with Gasteiger partial charge in [0.05, 0.1) is 13.0 Å². The molecule has 1 unspecified atom stereocenters. The number of hydrogen-bond acceptors (Lipinski definition) is 4. The van der Waals surface area contributed by atoms with Crippen molar-refractivity contribution in [2.45, 2.75) is 12.8 Å². The van der Waals surface area contributed by atoms with Crippen LogP contribution in [0.3, 0.4) is 0 Å². The van der Waals surface area contributed by atoms with Gasteiger partial charge in [0.25, 0.3) is 0 Å². The highest BCUT2D eigenvalue weighted by atomic mass is 32.1. The number of thiophene rings is 1. The van der Waals surface area contributed by atoms with Gasteiger partial charge in [-0.25, -0.2) is 4.79 Å². The maximum Gasteiger partial charge on any atom is 0.375 e. The Hall–Kier alpha value is -1.16. The molecule has 0 spiro atoms. The second kappa shape index (κ2) is 4.18. The number of rotatable bonds is 3. The van der Waals surface area contributed by atoms with Crippen molar-refractivity contribution in [3.05, 3.63) is 22.4 Å². The number of Topliss-reactive ketones (excluding diaryl/α,β-unsaturated/α-hetero) is 1. The normalized spacial score (nSPS) is 12.2. The smallest absolute Gasteiger partial charge is 0.375 e. The molecule has 1 aromatic heterocycles. The maximum atomic E-state index is 11.3. The van der Waals surface area contributed by atoms with Crippen LogP contribution in [-0.2, 0) is 14.3 Å². The molecule has 0 aliphatic heterocycles. The van der Waals surface area contributed by atoms with Gasteiger partial charge in [-0.2, -0.15) is 0 Å². The van der Waals surface area contributed by atoms with Crippen LogP contribution in [0.2, 0.25) is 0 Å². The predicted molar refractivity (Wildman–Crippen MR) is 49.8 cm³/mol. The molecular weight excluding hydrogens is 188 g/mol. The Kier molecular flexibility index (Phi) is 3.19. The van der Waals surface area contributed by atoms with Crippen LogP contribution in [0.1, 0.15) is 17.7 Å². The number of ketones is 1. The minimum absolute atomic E-state index is 0.396. The molecule has 1 aromatic rings. The van der Waals surface area contributed by atoms with Crippen molar-refractivity contribution in [1.29, 1.82) is 0 Å². The van der Waals surface area contributed by atoms with Crippen LogP contribution in [0, 0.1) is 0 Å². The molecule has 0 amide bonds. The van der Waals surface area contributed by atoms with Gasteiger partial charge < -0.3 is 4.74 Å². The van der Waals surface area contributed by atoms with Crippen molar-refractivity contribution >= 4 is 23.1 Å². The summed E-state index contributed by atoms with van der Waals surface area (Å²) in [6.07, 6.45) is 0. The van der Waals surface area contributed by atoms with Crippen LogP contribution in [-0.4, -0.2) is 18.9 Å². The quantitative estimate of drug-likeness (QED) is 0.547. The molecule has 0 aliphatic carbocycles. The molecule has 0 N–H and O–H groups in total. The maximum absolute atomic E-state index is 11.3. The molecule has 0 saturated heterocycles. The molecule has 0 fully saturated rings. The number of carbonyl (C=O) groups excluding carboxylic acids is 2. The third kappa shape index (κ3) is 2.15. The third-order valence-corrected chi connectivity index (χ3v) is 2.80. The van der Waals surface area contributed by atoms with Gasteiger partial charge in [0.15, 0.2) is 0 Å². The van der Waals surface area contributed by atoms with Crippen molar-refractivity contribution in [1.82, 2.24) is 0 Å². The monoisotopic (exact) mass is 198 g/mol. The first kappa shape index (κ1) is 9.92. The fourth-order valence-electron chi connectivity index (χ4n) is 0.944. The van der Waals surface area contributed by atoms with Crippen molar-refractivity contribution in [2.24, 2.45) is 0 Å². The molecule has 0 radical (unpaired) electrons. The summed E-state index contributed by atoms with van der Waals surface area (Å²) in [6, 6.07) is 3.68. The molecule has 0 aromatic carbocycles. The molecule has 70 valence electrons. The molecule has 0 aliphatic rings. The summed E-state index contributed by atoms with van der Waals surface area (Å²) >= 11 is 1.46. The van der Waals surface area contributed by atoms with Crippen molar-refractivity contribution in [3.63, 3.8) is 0 Å². The van der Waals surface area contributed by atoms with Gasteiger partial charge in [-0.3, -0.25) is 4.79 Å². The van der Waals surface area contributed by atoms with E-state index in [1.54, 1.807) is 6.92 Å². The van der Waals surface area contributed by atoms with Gasteiger partial charge in [0.1, 0.15) is 0 Å². The second-order valence-corrected chi connectivity index (χ2v) is 3.57. The second-order valence-electron chi connectivity index (χ2n) is 2.59. The summed E-state index contributed by atoms with van der Waals surface area (Å²) < 4.78 is 4.35. The van der Waals surface area contributed by atoms with Gasteiger partial charge in [-0.15, -0.1) is 11.3 Å². The Balaban J connectivity index is 2.74. The summed E-state index contributed by atoms with van der Waals surface area (Å²) in [5.41, 5.74) is 0. The van der Waals surface area contributed by atoms with Gasteiger partial charge in [0, 0.05) is 4.88 Å². The van der Waals surface area contributed by atoms with E-state index in [9.17, 15) is 9.59 Å². The van der Waals surface area contributed by atoms with Gasteiger partial charge in [-0.1, -0.05) is 6.07 Å². The summed E-state index contributed by atoms with van der Waals surface area (Å²) in [5, 5.41) is 1.87. The lowest BCUT2D eigenvalue weighted by Crippen LogP contribution is -2.20. The summed E-state index contributed by atoms with van der Waals surface area (Å²) in [5.74, 6) is -1.67. The fourth-order valence-corrected chi connectivity index (χ4v) is 1.73. The minimum Gasteiger partial charge on any atom is -0.463 e. The topological polar surface area (TPSA) is 43.4 Å². The standard InChI is InChI=1S/C9H10O3S/c1-6(7-4-3-5-13-7)8(10)9(11)12-2/h3-6H,1-2H3. The molecule has 13 heavy (non-hydrogen) atoms. The van der Waals surface area contributed by atoms with Crippen LogP contribution in [0.4, 0.5) is 0 Å². The molecule has 0 saturated carbocycles. The van der Waals surface area contributed by atoms with Crippen LogP contribution >= 0.6 is 11.3 Å². The van der Waals surface area contributed by atoms with Crippen LogP contribution in [0.15, 0.2) is 17.5 Å². The first-order valence-corrected chi connectivity index (χ1v) is 4.70. The number of carbonyl (C=O) groups is 2. The summed E-state index contributed by atoms with van der Waals surface area (Å²) in [7, 11) is 1.21. The highest BCUT2D eigenvalue weighted by Gasteiger charge is 2.23. The van der Waals surface area contributed by atoms with E-state index in [1.807, 2.05) is 17.5 Å². The first-order valence-electron chi connectivity index (χ1n) is 3.82. The van der Waals surface area contributed by atoms with Gasteiger partial charge in [-0.05, 0) is 18.4 Å². The van der Waals surface area contributed by atoms with Gasteiger partial charge in [0.2, 0.25) is 5.78 Å². The summed E-state index contributed by atoms with van der Waals surface area (Å²) in [6.45, 7) is 1.70. The van der Waals surface area contributed by atoms with E-state index in [0.29, 0.717) is 0 Å². The molecule has 3 nitrogen and oxygen atoms in total. The van der Waals surface area contributed by atoms with E-state index < -0.39 is 17.7 Å².